The summed E-state index contributed by atoms with van der Waals surface area (Å²) >= 11 is 3.43. The topological polar surface area (TPSA) is 46.2 Å². The Bertz CT molecular complexity index is 250. The third-order valence-corrected chi connectivity index (χ3v) is 4.87. The van der Waals surface area contributed by atoms with Gasteiger partial charge >= 0.3 is 0 Å². The van der Waals surface area contributed by atoms with Gasteiger partial charge in [0.2, 0.25) is 10.0 Å². The summed E-state index contributed by atoms with van der Waals surface area (Å²) in [5.74, 6) is 0.794. The number of alkyl halides is 1. The molecule has 0 aromatic heterocycles. The quantitative estimate of drug-likeness (QED) is 0.759. The summed E-state index contributed by atoms with van der Waals surface area (Å²) in [5, 5.41) is 0. The summed E-state index contributed by atoms with van der Waals surface area (Å²) < 4.78 is 25.5. The highest BCUT2D eigenvalue weighted by atomic mass is 79.9. The fourth-order valence-electron chi connectivity index (χ4n) is 0.940. The second-order valence-electron chi connectivity index (χ2n) is 4.28. The van der Waals surface area contributed by atoms with Crippen LogP contribution in [0.25, 0.3) is 0 Å². The molecule has 0 rings (SSSR count). The molecule has 5 heteroatoms. The minimum Gasteiger partial charge on any atom is -0.214 e. The molecule has 0 fully saturated rings. The van der Waals surface area contributed by atoms with Gasteiger partial charge in [0.05, 0.1) is 5.75 Å². The average molecular weight is 286 g/mol. The van der Waals surface area contributed by atoms with E-state index in [9.17, 15) is 8.42 Å². The Morgan fingerprint density at radius 1 is 1.21 bits per heavy atom. The zero-order valence-corrected chi connectivity index (χ0v) is 11.7. The first-order valence-electron chi connectivity index (χ1n) is 4.86. The van der Waals surface area contributed by atoms with E-state index in [0.29, 0.717) is 12.5 Å². The Hall–Kier alpha value is 0.390. The van der Waals surface area contributed by atoms with Crippen LogP contribution in [0.4, 0.5) is 0 Å². The van der Waals surface area contributed by atoms with Crippen molar-refractivity contribution in [2.24, 2.45) is 11.8 Å². The van der Waals surface area contributed by atoms with Crippen molar-refractivity contribution in [2.75, 3.05) is 12.3 Å². The van der Waals surface area contributed by atoms with Crippen molar-refractivity contribution in [1.82, 2.24) is 4.72 Å². The van der Waals surface area contributed by atoms with Crippen LogP contribution in [0.3, 0.4) is 0 Å². The third kappa shape index (κ3) is 6.79. The maximum absolute atomic E-state index is 11.4. The van der Waals surface area contributed by atoms with Gasteiger partial charge in [0, 0.05) is 11.4 Å². The van der Waals surface area contributed by atoms with E-state index in [4.69, 9.17) is 0 Å². The first-order valence-corrected chi connectivity index (χ1v) is 7.43. The molecule has 0 amide bonds. The van der Waals surface area contributed by atoms with Crippen LogP contribution in [0.5, 0.6) is 0 Å². The fourth-order valence-corrected chi connectivity index (χ4v) is 2.75. The molecule has 0 spiro atoms. The second-order valence-corrected chi connectivity index (χ2v) is 7.31. The largest absolute Gasteiger partial charge is 0.214 e. The molecule has 3 nitrogen and oxygen atoms in total. The highest BCUT2D eigenvalue weighted by molar-refractivity contribution is 9.09. The van der Waals surface area contributed by atoms with Crippen LogP contribution in [0, 0.1) is 11.8 Å². The van der Waals surface area contributed by atoms with Gasteiger partial charge in [0.15, 0.2) is 0 Å². The van der Waals surface area contributed by atoms with Crippen molar-refractivity contribution in [3.63, 3.8) is 0 Å². The maximum Gasteiger partial charge on any atom is 0.211 e. The number of halogens is 1. The molecule has 0 saturated heterocycles. The molecular weight excluding hydrogens is 266 g/mol. The molecule has 1 atom stereocenters. The zero-order chi connectivity index (χ0) is 11.4. The molecule has 0 bridgehead atoms. The Balaban J connectivity index is 4.00. The average Bonchev–Trinajstić information content (AvgIpc) is 1.97. The van der Waals surface area contributed by atoms with Crippen molar-refractivity contribution >= 4 is 26.0 Å². The van der Waals surface area contributed by atoms with Crippen LogP contribution in [0.1, 0.15) is 27.7 Å². The van der Waals surface area contributed by atoms with Crippen LogP contribution >= 0.6 is 15.9 Å². The summed E-state index contributed by atoms with van der Waals surface area (Å²) in [6.07, 6.45) is 0. The normalized spacial score (nSPS) is 15.1. The van der Waals surface area contributed by atoms with Gasteiger partial charge < -0.3 is 0 Å². The SMILES string of the molecule is CC(C)CS(=O)(=O)NCC(Br)C(C)C. The number of nitrogens with one attached hydrogen (secondary N) is 1. The minimum absolute atomic E-state index is 0.167. The molecule has 0 aliphatic carbocycles. The lowest BCUT2D eigenvalue weighted by Crippen LogP contribution is -2.34. The van der Waals surface area contributed by atoms with Crippen LogP contribution < -0.4 is 4.72 Å². The maximum atomic E-state index is 11.4. The van der Waals surface area contributed by atoms with Crippen molar-refractivity contribution < 1.29 is 8.42 Å². The summed E-state index contributed by atoms with van der Waals surface area (Å²) in [6.45, 7) is 8.36. The Morgan fingerprint density at radius 3 is 2.07 bits per heavy atom. The van der Waals surface area contributed by atoms with Gasteiger partial charge in [-0.05, 0) is 11.8 Å². The highest BCUT2D eigenvalue weighted by Crippen LogP contribution is 2.11. The molecule has 0 heterocycles. The molecule has 0 aromatic carbocycles. The van der Waals surface area contributed by atoms with E-state index in [-0.39, 0.29) is 16.5 Å². The van der Waals surface area contributed by atoms with Gasteiger partial charge in [-0.15, -0.1) is 0 Å². The first-order chi connectivity index (χ1) is 6.24. The number of rotatable bonds is 6. The Morgan fingerprint density at radius 2 is 1.71 bits per heavy atom. The van der Waals surface area contributed by atoms with Crippen LogP contribution in [0.15, 0.2) is 0 Å². The molecule has 0 aliphatic heterocycles. The summed E-state index contributed by atoms with van der Waals surface area (Å²) in [7, 11) is -3.09. The molecule has 14 heavy (non-hydrogen) atoms. The molecule has 0 radical (unpaired) electrons. The number of hydrogen-bond donors (Lipinski definition) is 1. The van der Waals surface area contributed by atoms with Crippen molar-refractivity contribution in [1.29, 1.82) is 0 Å². The van der Waals surface area contributed by atoms with Gasteiger partial charge in [-0.3, -0.25) is 0 Å². The molecule has 1 N–H and O–H groups in total. The highest BCUT2D eigenvalue weighted by Gasteiger charge is 2.16. The van der Waals surface area contributed by atoms with Crippen molar-refractivity contribution in [3.8, 4) is 0 Å². The smallest absolute Gasteiger partial charge is 0.211 e. The minimum atomic E-state index is -3.09. The van der Waals surface area contributed by atoms with Crippen molar-refractivity contribution in [2.45, 2.75) is 32.5 Å². The molecule has 0 aromatic rings. The summed E-state index contributed by atoms with van der Waals surface area (Å²) in [6, 6.07) is 0. The lowest BCUT2D eigenvalue weighted by Gasteiger charge is -2.15. The van der Waals surface area contributed by atoms with E-state index in [1.54, 1.807) is 0 Å². The molecule has 1 unspecified atom stereocenters. The van der Waals surface area contributed by atoms with E-state index >= 15 is 0 Å². The molecular formula is C9H20BrNO2S. The molecule has 86 valence electrons. The van der Waals surface area contributed by atoms with E-state index in [1.165, 1.54) is 0 Å². The monoisotopic (exact) mass is 285 g/mol. The first kappa shape index (κ1) is 14.4. The second kappa shape index (κ2) is 6.08. The lowest BCUT2D eigenvalue weighted by atomic mass is 10.1. The summed E-state index contributed by atoms with van der Waals surface area (Å²) in [4.78, 5) is 0.199. The van der Waals surface area contributed by atoms with E-state index in [1.807, 2.05) is 13.8 Å². The Kier molecular flexibility index (Phi) is 6.25. The van der Waals surface area contributed by atoms with Crippen LogP contribution in [-0.2, 0) is 10.0 Å². The molecule has 0 aliphatic rings. The van der Waals surface area contributed by atoms with Gasteiger partial charge in [-0.2, -0.15) is 0 Å². The number of hydrogen-bond acceptors (Lipinski definition) is 2. The van der Waals surface area contributed by atoms with E-state index in [0.717, 1.165) is 0 Å². The number of sulfonamides is 1. The van der Waals surface area contributed by atoms with Crippen molar-refractivity contribution in [3.05, 3.63) is 0 Å². The standard InChI is InChI=1S/C9H20BrNO2S/c1-7(2)6-14(12,13)11-5-9(10)8(3)4/h7-9,11H,5-6H2,1-4H3. The predicted octanol–water partition coefficient (Wildman–Crippen LogP) is 1.98. The third-order valence-electron chi connectivity index (χ3n) is 1.77. The van der Waals surface area contributed by atoms with Gasteiger partial charge in [0.25, 0.3) is 0 Å². The van der Waals surface area contributed by atoms with Gasteiger partial charge in [-0.1, -0.05) is 43.6 Å². The Labute approximate surface area is 95.8 Å². The summed E-state index contributed by atoms with van der Waals surface area (Å²) in [5.41, 5.74) is 0. The van der Waals surface area contributed by atoms with Crippen LogP contribution in [-0.4, -0.2) is 25.5 Å². The molecule has 0 saturated carbocycles. The predicted molar refractivity (Wildman–Crippen MR) is 64.2 cm³/mol. The van der Waals surface area contributed by atoms with E-state index < -0.39 is 10.0 Å². The van der Waals surface area contributed by atoms with Gasteiger partial charge in [-0.25, -0.2) is 13.1 Å². The fraction of sp³-hybridized carbons (Fsp3) is 1.00. The van der Waals surface area contributed by atoms with E-state index in [2.05, 4.69) is 34.5 Å². The van der Waals surface area contributed by atoms with Crippen LogP contribution in [0.2, 0.25) is 0 Å². The zero-order valence-electron chi connectivity index (χ0n) is 9.25. The van der Waals surface area contributed by atoms with Gasteiger partial charge in [0.1, 0.15) is 0 Å². The lowest BCUT2D eigenvalue weighted by molar-refractivity contribution is 0.553.